The second-order valence-electron chi connectivity index (χ2n) is 3.68. The van der Waals surface area contributed by atoms with Crippen LogP contribution in [0.1, 0.15) is 24.9 Å². The van der Waals surface area contributed by atoms with E-state index in [4.69, 9.17) is 0 Å². The largest absolute Gasteiger partial charge is 0.359 e. The molecule has 4 nitrogen and oxygen atoms in total. The second-order valence-corrected chi connectivity index (χ2v) is 4.60. The fourth-order valence-corrected chi connectivity index (χ4v) is 1.74. The molecule has 1 aromatic rings. The van der Waals surface area contributed by atoms with Crippen molar-refractivity contribution in [2.45, 2.75) is 19.4 Å². The van der Waals surface area contributed by atoms with Gasteiger partial charge in [-0.15, -0.1) is 0 Å². The minimum absolute atomic E-state index is 0.105. The minimum atomic E-state index is -0.291. The number of hydrogen-bond donors (Lipinski definition) is 2. The van der Waals surface area contributed by atoms with Crippen molar-refractivity contribution in [3.8, 4) is 0 Å². The third kappa shape index (κ3) is 4.56. The summed E-state index contributed by atoms with van der Waals surface area (Å²) in [6.45, 7) is 1.44. The zero-order valence-electron chi connectivity index (χ0n) is 9.79. The Labute approximate surface area is 109 Å². The van der Waals surface area contributed by atoms with Crippen LogP contribution in [0.5, 0.6) is 0 Å². The van der Waals surface area contributed by atoms with E-state index >= 15 is 0 Å². The summed E-state index contributed by atoms with van der Waals surface area (Å²) in [6, 6.07) is 7.24. The van der Waals surface area contributed by atoms with E-state index in [2.05, 4.69) is 26.6 Å². The molecule has 0 aromatic heterocycles. The van der Waals surface area contributed by atoms with Gasteiger partial charge in [0.1, 0.15) is 0 Å². The number of benzene rings is 1. The maximum Gasteiger partial charge on any atom is 0.222 e. The molecule has 1 rings (SSSR count). The van der Waals surface area contributed by atoms with Gasteiger partial charge in [-0.05, 0) is 17.7 Å². The molecule has 92 valence electrons. The van der Waals surface area contributed by atoms with Gasteiger partial charge >= 0.3 is 0 Å². The highest BCUT2D eigenvalue weighted by Gasteiger charge is 2.16. The molecule has 1 atom stereocenters. The highest BCUT2D eigenvalue weighted by Crippen LogP contribution is 2.19. The minimum Gasteiger partial charge on any atom is -0.359 e. The first-order chi connectivity index (χ1) is 8.02. The lowest BCUT2D eigenvalue weighted by atomic mass is 10.0. The van der Waals surface area contributed by atoms with Gasteiger partial charge in [-0.1, -0.05) is 28.1 Å². The average Bonchev–Trinajstić information content (AvgIpc) is 2.28. The normalized spacial score (nSPS) is 11.7. The summed E-state index contributed by atoms with van der Waals surface area (Å²) in [7, 11) is 1.58. The summed E-state index contributed by atoms with van der Waals surface area (Å²) >= 11 is 3.34. The van der Waals surface area contributed by atoms with E-state index in [1.54, 1.807) is 7.05 Å². The Balaban J connectivity index is 2.85. The maximum atomic E-state index is 11.4. The second kappa shape index (κ2) is 6.39. The van der Waals surface area contributed by atoms with Gasteiger partial charge < -0.3 is 10.6 Å². The van der Waals surface area contributed by atoms with E-state index in [0.717, 1.165) is 10.0 Å². The van der Waals surface area contributed by atoms with Crippen LogP contribution in [-0.2, 0) is 9.59 Å². The smallest absolute Gasteiger partial charge is 0.222 e. The molecule has 0 aliphatic heterocycles. The summed E-state index contributed by atoms with van der Waals surface area (Å²) in [5, 5.41) is 5.32. The molecule has 0 radical (unpaired) electrons. The SMILES string of the molecule is CNC(=O)CC(NC(C)=O)c1ccc(Br)cc1. The topological polar surface area (TPSA) is 58.2 Å². The lowest BCUT2D eigenvalue weighted by Crippen LogP contribution is -2.31. The van der Waals surface area contributed by atoms with Crippen molar-refractivity contribution in [1.29, 1.82) is 0 Å². The highest BCUT2D eigenvalue weighted by atomic mass is 79.9. The first-order valence-corrected chi connectivity index (χ1v) is 6.05. The summed E-state index contributed by atoms with van der Waals surface area (Å²) in [5.74, 6) is -0.256. The predicted molar refractivity (Wildman–Crippen MR) is 69.4 cm³/mol. The molecule has 2 amide bonds. The Hall–Kier alpha value is -1.36. The van der Waals surface area contributed by atoms with Crippen molar-refractivity contribution in [3.63, 3.8) is 0 Å². The standard InChI is InChI=1S/C12H15BrN2O2/c1-8(16)15-11(7-12(17)14-2)9-3-5-10(13)6-4-9/h3-6,11H,7H2,1-2H3,(H,14,17)(H,15,16). The van der Waals surface area contributed by atoms with E-state index in [1.807, 2.05) is 24.3 Å². The molecule has 0 spiro atoms. The van der Waals surface area contributed by atoms with Crippen LogP contribution in [0.15, 0.2) is 28.7 Å². The number of rotatable bonds is 4. The van der Waals surface area contributed by atoms with E-state index < -0.39 is 0 Å². The molecular weight excluding hydrogens is 284 g/mol. The van der Waals surface area contributed by atoms with Crippen LogP contribution in [0.3, 0.4) is 0 Å². The molecule has 2 N–H and O–H groups in total. The van der Waals surface area contributed by atoms with Crippen LogP contribution in [0.2, 0.25) is 0 Å². The van der Waals surface area contributed by atoms with Gasteiger partial charge in [0.15, 0.2) is 0 Å². The first-order valence-electron chi connectivity index (χ1n) is 5.26. The fourth-order valence-electron chi connectivity index (χ4n) is 1.48. The first kappa shape index (κ1) is 13.7. The van der Waals surface area contributed by atoms with Crippen LogP contribution < -0.4 is 10.6 Å². The summed E-state index contributed by atoms with van der Waals surface area (Å²) in [5.41, 5.74) is 0.909. The van der Waals surface area contributed by atoms with Crippen LogP contribution in [0.4, 0.5) is 0 Å². The lowest BCUT2D eigenvalue weighted by Gasteiger charge is -2.17. The lowest BCUT2D eigenvalue weighted by molar-refractivity contribution is -0.122. The Bertz CT molecular complexity index is 403. The van der Waals surface area contributed by atoms with Crippen molar-refractivity contribution in [3.05, 3.63) is 34.3 Å². The van der Waals surface area contributed by atoms with Crippen LogP contribution >= 0.6 is 15.9 Å². The average molecular weight is 299 g/mol. The van der Waals surface area contributed by atoms with Crippen LogP contribution in [-0.4, -0.2) is 18.9 Å². The Morgan fingerprint density at radius 3 is 2.35 bits per heavy atom. The zero-order chi connectivity index (χ0) is 12.8. The molecule has 0 heterocycles. The van der Waals surface area contributed by atoms with Gasteiger partial charge in [-0.3, -0.25) is 9.59 Å². The van der Waals surface area contributed by atoms with Crippen molar-refractivity contribution >= 4 is 27.7 Å². The molecule has 0 fully saturated rings. The van der Waals surface area contributed by atoms with E-state index in [0.29, 0.717) is 0 Å². The molecule has 0 saturated heterocycles. The van der Waals surface area contributed by atoms with Gasteiger partial charge in [0.25, 0.3) is 0 Å². The summed E-state index contributed by atoms with van der Waals surface area (Å²) < 4.78 is 0.961. The van der Waals surface area contributed by atoms with E-state index in [9.17, 15) is 9.59 Å². The molecule has 0 bridgehead atoms. The third-order valence-corrected chi connectivity index (χ3v) is 2.85. The quantitative estimate of drug-likeness (QED) is 0.890. The number of hydrogen-bond acceptors (Lipinski definition) is 2. The van der Waals surface area contributed by atoms with Gasteiger partial charge in [0, 0.05) is 18.4 Å². The highest BCUT2D eigenvalue weighted by molar-refractivity contribution is 9.10. The fraction of sp³-hybridized carbons (Fsp3) is 0.333. The van der Waals surface area contributed by atoms with Crippen molar-refractivity contribution < 1.29 is 9.59 Å². The summed E-state index contributed by atoms with van der Waals surface area (Å²) in [6.07, 6.45) is 0.234. The van der Waals surface area contributed by atoms with Crippen LogP contribution in [0.25, 0.3) is 0 Å². The molecule has 0 aliphatic carbocycles. The Morgan fingerprint density at radius 1 is 1.29 bits per heavy atom. The number of nitrogens with one attached hydrogen (secondary N) is 2. The summed E-state index contributed by atoms with van der Waals surface area (Å²) in [4.78, 5) is 22.5. The number of halogens is 1. The Morgan fingerprint density at radius 2 is 1.88 bits per heavy atom. The molecule has 1 aromatic carbocycles. The predicted octanol–water partition coefficient (Wildman–Crippen LogP) is 1.76. The number of carbonyl (C=O) groups excluding carboxylic acids is 2. The number of carbonyl (C=O) groups is 2. The molecule has 0 saturated carbocycles. The number of amides is 2. The van der Waals surface area contributed by atoms with Crippen molar-refractivity contribution in [1.82, 2.24) is 10.6 Å². The Kier molecular flexibility index (Phi) is 5.15. The van der Waals surface area contributed by atoms with Crippen molar-refractivity contribution in [2.75, 3.05) is 7.05 Å². The van der Waals surface area contributed by atoms with Crippen molar-refractivity contribution in [2.24, 2.45) is 0 Å². The van der Waals surface area contributed by atoms with Gasteiger partial charge in [0.2, 0.25) is 11.8 Å². The third-order valence-electron chi connectivity index (χ3n) is 2.32. The van der Waals surface area contributed by atoms with Gasteiger partial charge in [0.05, 0.1) is 12.5 Å². The maximum absolute atomic E-state index is 11.4. The van der Waals surface area contributed by atoms with E-state index in [-0.39, 0.29) is 24.3 Å². The monoisotopic (exact) mass is 298 g/mol. The molecule has 17 heavy (non-hydrogen) atoms. The molecule has 5 heteroatoms. The van der Waals surface area contributed by atoms with Crippen LogP contribution in [0, 0.1) is 0 Å². The molecule has 0 aliphatic rings. The van der Waals surface area contributed by atoms with Gasteiger partial charge in [-0.25, -0.2) is 0 Å². The molecule has 1 unspecified atom stereocenters. The van der Waals surface area contributed by atoms with E-state index in [1.165, 1.54) is 6.92 Å². The zero-order valence-corrected chi connectivity index (χ0v) is 11.4. The molecular formula is C12H15BrN2O2. The van der Waals surface area contributed by atoms with Gasteiger partial charge in [-0.2, -0.15) is 0 Å².